The molecule has 2 heterocycles. The highest BCUT2D eigenvalue weighted by Gasteiger charge is 2.29. The number of piperidine rings is 1. The summed E-state index contributed by atoms with van der Waals surface area (Å²) < 4.78 is 27.1. The van der Waals surface area contributed by atoms with Crippen LogP contribution in [0.3, 0.4) is 0 Å². The molecule has 1 aliphatic rings. The Hall–Kier alpha value is -2.19. The minimum atomic E-state index is -3.69. The number of aromatic amines is 1. The van der Waals surface area contributed by atoms with Gasteiger partial charge in [0.15, 0.2) is 0 Å². The summed E-state index contributed by atoms with van der Waals surface area (Å²) in [7, 11) is -3.69. The highest BCUT2D eigenvalue weighted by molar-refractivity contribution is 7.89. The third kappa shape index (κ3) is 2.94. The number of carboxylic acids is 1. The van der Waals surface area contributed by atoms with Gasteiger partial charge in [0, 0.05) is 30.1 Å². The minimum Gasteiger partial charge on any atom is -0.478 e. The number of nitrogens with zero attached hydrogens (tertiary/aromatic N) is 1. The lowest BCUT2D eigenvalue weighted by Gasteiger charge is -2.30. The van der Waals surface area contributed by atoms with Crippen LogP contribution in [0.1, 0.15) is 30.1 Å². The van der Waals surface area contributed by atoms with E-state index in [0.29, 0.717) is 24.5 Å². The second-order valence-electron chi connectivity index (χ2n) is 6.17. The Balaban J connectivity index is 2.13. The Morgan fingerprint density at radius 1 is 1.33 bits per heavy atom. The Morgan fingerprint density at radius 3 is 2.75 bits per heavy atom. The first-order chi connectivity index (χ1) is 11.3. The number of rotatable bonds is 3. The quantitative estimate of drug-likeness (QED) is 0.875. The molecule has 3 rings (SSSR count). The van der Waals surface area contributed by atoms with Crippen molar-refractivity contribution in [3.63, 3.8) is 0 Å². The molecule has 1 saturated heterocycles. The zero-order valence-corrected chi connectivity index (χ0v) is 14.0. The van der Waals surface area contributed by atoms with E-state index in [2.05, 4.69) is 4.98 Å². The molecule has 24 heavy (non-hydrogen) atoms. The lowest BCUT2D eigenvalue weighted by atomic mass is 10.0. The maximum Gasteiger partial charge on any atom is 0.336 e. The first-order valence-electron chi connectivity index (χ1n) is 7.69. The number of H-pyrrole nitrogens is 1. The maximum absolute atomic E-state index is 12.8. The van der Waals surface area contributed by atoms with E-state index in [4.69, 9.17) is 0 Å². The summed E-state index contributed by atoms with van der Waals surface area (Å²) in [4.78, 5) is 25.5. The summed E-state index contributed by atoms with van der Waals surface area (Å²) in [6.45, 7) is 2.93. The summed E-state index contributed by atoms with van der Waals surface area (Å²) in [5, 5.41) is 9.47. The number of nitrogens with one attached hydrogen (secondary N) is 1. The van der Waals surface area contributed by atoms with Crippen molar-refractivity contribution in [1.82, 2.24) is 9.29 Å². The molecule has 7 nitrogen and oxygen atoms in total. The smallest absolute Gasteiger partial charge is 0.336 e. The predicted octanol–water partition coefficient (Wildman–Crippen LogP) is 1.65. The van der Waals surface area contributed by atoms with Gasteiger partial charge >= 0.3 is 5.97 Å². The van der Waals surface area contributed by atoms with Gasteiger partial charge in [-0.05, 0) is 37.0 Å². The van der Waals surface area contributed by atoms with Gasteiger partial charge in [-0.1, -0.05) is 6.92 Å². The Kier molecular flexibility index (Phi) is 4.18. The van der Waals surface area contributed by atoms with Crippen LogP contribution in [0.5, 0.6) is 0 Å². The molecule has 8 heteroatoms. The minimum absolute atomic E-state index is 0.0404. The molecule has 2 aromatic rings. The first kappa shape index (κ1) is 16.7. The number of hydrogen-bond donors (Lipinski definition) is 2. The molecular weight excluding hydrogens is 332 g/mol. The van der Waals surface area contributed by atoms with E-state index < -0.39 is 21.6 Å². The van der Waals surface area contributed by atoms with Crippen LogP contribution >= 0.6 is 0 Å². The molecule has 0 bridgehead atoms. The van der Waals surface area contributed by atoms with Crippen molar-refractivity contribution >= 4 is 26.9 Å². The predicted molar refractivity (Wildman–Crippen MR) is 88.7 cm³/mol. The number of pyridine rings is 1. The Morgan fingerprint density at radius 2 is 2.08 bits per heavy atom. The van der Waals surface area contributed by atoms with Crippen LogP contribution < -0.4 is 5.56 Å². The van der Waals surface area contributed by atoms with Gasteiger partial charge in [-0.25, -0.2) is 13.2 Å². The van der Waals surface area contributed by atoms with Crippen molar-refractivity contribution < 1.29 is 18.3 Å². The lowest BCUT2D eigenvalue weighted by Crippen LogP contribution is -2.39. The Labute approximate surface area is 139 Å². The van der Waals surface area contributed by atoms with Gasteiger partial charge in [0.25, 0.3) is 0 Å². The normalized spacial score (nSPS) is 19.5. The zero-order valence-electron chi connectivity index (χ0n) is 13.2. The summed E-state index contributed by atoms with van der Waals surface area (Å²) in [6, 6.07) is 5.12. The molecule has 0 amide bonds. The van der Waals surface area contributed by atoms with Crippen LogP contribution in [0.2, 0.25) is 0 Å². The van der Waals surface area contributed by atoms with Gasteiger partial charge in [-0.15, -0.1) is 0 Å². The van der Waals surface area contributed by atoms with Crippen LogP contribution in [0.25, 0.3) is 10.9 Å². The third-order valence-electron chi connectivity index (χ3n) is 4.30. The van der Waals surface area contributed by atoms with E-state index in [1.807, 2.05) is 6.92 Å². The first-order valence-corrected chi connectivity index (χ1v) is 9.13. The largest absolute Gasteiger partial charge is 0.478 e. The fourth-order valence-corrected chi connectivity index (χ4v) is 4.71. The highest BCUT2D eigenvalue weighted by atomic mass is 32.2. The second-order valence-corrected chi connectivity index (χ2v) is 8.11. The van der Waals surface area contributed by atoms with Crippen LogP contribution in [0.4, 0.5) is 0 Å². The number of aromatic nitrogens is 1. The molecule has 0 spiro atoms. The van der Waals surface area contributed by atoms with Gasteiger partial charge in [-0.2, -0.15) is 4.31 Å². The molecule has 128 valence electrons. The van der Waals surface area contributed by atoms with Gasteiger partial charge in [0.1, 0.15) is 0 Å². The van der Waals surface area contributed by atoms with Gasteiger partial charge in [0.05, 0.1) is 10.5 Å². The molecule has 1 atom stereocenters. The average molecular weight is 350 g/mol. The molecule has 1 aliphatic heterocycles. The Bertz CT molecular complexity index is 964. The number of sulfonamides is 1. The van der Waals surface area contributed by atoms with E-state index in [1.165, 1.54) is 22.5 Å². The van der Waals surface area contributed by atoms with Crippen LogP contribution in [0.15, 0.2) is 34.0 Å². The van der Waals surface area contributed by atoms with Gasteiger partial charge in [0.2, 0.25) is 15.6 Å². The number of benzene rings is 1. The number of carbonyl (C=O) groups is 1. The molecular formula is C16H18N2O5S. The molecule has 1 aromatic carbocycles. The zero-order chi connectivity index (χ0) is 17.5. The average Bonchev–Trinajstić information content (AvgIpc) is 2.53. The molecule has 0 aliphatic carbocycles. The van der Waals surface area contributed by atoms with E-state index in [9.17, 15) is 23.1 Å². The number of fused-ring (bicyclic) bond motifs is 1. The van der Waals surface area contributed by atoms with Crippen molar-refractivity contribution in [2.24, 2.45) is 5.92 Å². The van der Waals surface area contributed by atoms with Crippen LogP contribution in [-0.4, -0.2) is 41.9 Å². The van der Waals surface area contributed by atoms with Crippen molar-refractivity contribution in [1.29, 1.82) is 0 Å². The van der Waals surface area contributed by atoms with Crippen LogP contribution in [-0.2, 0) is 10.0 Å². The summed E-state index contributed by atoms with van der Waals surface area (Å²) >= 11 is 0. The highest BCUT2D eigenvalue weighted by Crippen LogP contribution is 2.26. The third-order valence-corrected chi connectivity index (χ3v) is 6.16. The number of carboxylic acid groups (broad SMARTS) is 1. The van der Waals surface area contributed by atoms with E-state index in [1.54, 1.807) is 0 Å². The monoisotopic (exact) mass is 350 g/mol. The second kappa shape index (κ2) is 6.03. The molecule has 2 N–H and O–H groups in total. The van der Waals surface area contributed by atoms with Gasteiger partial charge < -0.3 is 10.1 Å². The number of aromatic carboxylic acids is 1. The van der Waals surface area contributed by atoms with Crippen molar-refractivity contribution in [3.8, 4) is 0 Å². The fourth-order valence-electron chi connectivity index (χ4n) is 3.08. The molecule has 0 radical (unpaired) electrons. The molecule has 1 unspecified atom stereocenters. The van der Waals surface area contributed by atoms with E-state index >= 15 is 0 Å². The van der Waals surface area contributed by atoms with Crippen LogP contribution in [0, 0.1) is 5.92 Å². The summed E-state index contributed by atoms with van der Waals surface area (Å²) in [5.41, 5.74) is -0.455. The molecule has 1 aromatic heterocycles. The molecule has 0 saturated carbocycles. The van der Waals surface area contributed by atoms with E-state index in [-0.39, 0.29) is 15.8 Å². The fraction of sp³-hybridized carbons (Fsp3) is 0.375. The topological polar surface area (TPSA) is 108 Å². The van der Waals surface area contributed by atoms with Gasteiger partial charge in [-0.3, -0.25) is 4.79 Å². The van der Waals surface area contributed by atoms with Crippen molar-refractivity contribution in [3.05, 3.63) is 40.2 Å². The summed E-state index contributed by atoms with van der Waals surface area (Å²) in [6.07, 6.45) is 1.80. The lowest BCUT2D eigenvalue weighted by molar-refractivity contribution is 0.0698. The van der Waals surface area contributed by atoms with Crippen molar-refractivity contribution in [2.45, 2.75) is 24.7 Å². The maximum atomic E-state index is 12.8. The molecule has 1 fully saturated rings. The summed E-state index contributed by atoms with van der Waals surface area (Å²) in [5.74, 6) is -0.979. The SMILES string of the molecule is CC1CCCN(S(=O)(=O)c2ccc3[nH]c(=O)cc(C(=O)O)c3c2)C1. The van der Waals surface area contributed by atoms with E-state index in [0.717, 1.165) is 18.9 Å². The standard InChI is InChI=1S/C16H18N2O5S/c1-10-3-2-6-18(9-10)24(22,23)11-4-5-14-12(7-11)13(16(20)21)8-15(19)17-14/h4-5,7-8,10H,2-3,6,9H2,1H3,(H,17,19)(H,20,21). The van der Waals surface area contributed by atoms with Crippen molar-refractivity contribution in [2.75, 3.05) is 13.1 Å². The number of hydrogen-bond acceptors (Lipinski definition) is 4.